The lowest BCUT2D eigenvalue weighted by atomic mass is 9.93. The second-order valence-corrected chi connectivity index (χ2v) is 7.14. The standard InChI is InChI=1S/C18H29N5O3/c1-2-26-12-8-6-11(7-9-12)21-18-20-10-13(16(19)25)17(23-18)22-14-4-3-5-15(14)24/h10-12,14-15,24H,2-9H2,1H3,(H2,19,25)(H2,20,21,22,23)/t11?,12?,14-,15+/m0/s1. The van der Waals surface area contributed by atoms with E-state index in [2.05, 4.69) is 20.6 Å². The summed E-state index contributed by atoms with van der Waals surface area (Å²) in [5.74, 6) is 0.289. The normalized spacial score (nSPS) is 28.7. The molecular weight excluding hydrogens is 334 g/mol. The summed E-state index contributed by atoms with van der Waals surface area (Å²) in [6.07, 6.45) is 7.93. The Hall–Kier alpha value is -1.93. The highest BCUT2D eigenvalue weighted by molar-refractivity contribution is 5.97. The maximum absolute atomic E-state index is 11.7. The summed E-state index contributed by atoms with van der Waals surface area (Å²) in [6.45, 7) is 2.77. The first-order valence-corrected chi connectivity index (χ1v) is 9.56. The zero-order valence-corrected chi connectivity index (χ0v) is 15.3. The second-order valence-electron chi connectivity index (χ2n) is 7.14. The number of nitrogens with zero attached hydrogens (tertiary/aromatic N) is 2. The summed E-state index contributed by atoms with van der Waals surface area (Å²) in [4.78, 5) is 20.4. The van der Waals surface area contributed by atoms with Gasteiger partial charge in [-0.05, 0) is 51.9 Å². The number of ether oxygens (including phenoxy) is 1. The Morgan fingerprint density at radius 1 is 1.27 bits per heavy atom. The molecule has 1 amide bonds. The van der Waals surface area contributed by atoms with Crippen molar-refractivity contribution in [2.45, 2.75) is 76.2 Å². The van der Waals surface area contributed by atoms with Crippen molar-refractivity contribution < 1.29 is 14.6 Å². The number of rotatable bonds is 7. The van der Waals surface area contributed by atoms with Crippen molar-refractivity contribution in [1.82, 2.24) is 9.97 Å². The number of primary amides is 1. The molecule has 0 radical (unpaired) electrons. The van der Waals surface area contributed by atoms with E-state index in [1.54, 1.807) is 0 Å². The molecule has 8 nitrogen and oxygen atoms in total. The third-order valence-corrected chi connectivity index (χ3v) is 5.27. The highest BCUT2D eigenvalue weighted by atomic mass is 16.5. The predicted molar refractivity (Wildman–Crippen MR) is 99.1 cm³/mol. The van der Waals surface area contributed by atoms with Gasteiger partial charge in [0.05, 0.1) is 23.8 Å². The molecule has 2 atom stereocenters. The van der Waals surface area contributed by atoms with Crippen LogP contribution in [0.25, 0.3) is 0 Å². The van der Waals surface area contributed by atoms with Crippen LogP contribution in [0, 0.1) is 0 Å². The van der Waals surface area contributed by atoms with E-state index < -0.39 is 12.0 Å². The molecule has 0 bridgehead atoms. The number of hydrogen-bond acceptors (Lipinski definition) is 7. The summed E-state index contributed by atoms with van der Waals surface area (Å²) in [5, 5.41) is 16.6. The topological polar surface area (TPSA) is 122 Å². The average molecular weight is 363 g/mol. The first-order valence-electron chi connectivity index (χ1n) is 9.56. The van der Waals surface area contributed by atoms with Crippen LogP contribution in [0.3, 0.4) is 0 Å². The molecule has 2 fully saturated rings. The highest BCUT2D eigenvalue weighted by Gasteiger charge is 2.27. The molecule has 0 unspecified atom stereocenters. The number of aromatic nitrogens is 2. The first kappa shape index (κ1) is 18.8. The van der Waals surface area contributed by atoms with Gasteiger partial charge in [-0.25, -0.2) is 4.98 Å². The highest BCUT2D eigenvalue weighted by Crippen LogP contribution is 2.26. The number of hydrogen-bond donors (Lipinski definition) is 4. The third-order valence-electron chi connectivity index (χ3n) is 5.27. The van der Waals surface area contributed by atoms with Crippen molar-refractivity contribution in [3.63, 3.8) is 0 Å². The second kappa shape index (κ2) is 8.64. The molecule has 1 aromatic heterocycles. The van der Waals surface area contributed by atoms with E-state index in [9.17, 15) is 9.90 Å². The van der Waals surface area contributed by atoms with Crippen molar-refractivity contribution in [1.29, 1.82) is 0 Å². The van der Waals surface area contributed by atoms with Gasteiger partial charge < -0.3 is 26.2 Å². The molecule has 3 rings (SSSR count). The summed E-state index contributed by atoms with van der Waals surface area (Å²) in [5.41, 5.74) is 5.69. The summed E-state index contributed by atoms with van der Waals surface area (Å²) in [7, 11) is 0. The quantitative estimate of drug-likeness (QED) is 0.581. The van der Waals surface area contributed by atoms with Crippen LogP contribution in [0.1, 0.15) is 62.2 Å². The van der Waals surface area contributed by atoms with E-state index in [0.29, 0.717) is 17.9 Å². The van der Waals surface area contributed by atoms with Gasteiger partial charge in [0, 0.05) is 18.8 Å². The van der Waals surface area contributed by atoms with Gasteiger partial charge in [-0.3, -0.25) is 4.79 Å². The molecule has 8 heteroatoms. The maximum Gasteiger partial charge on any atom is 0.254 e. The molecule has 26 heavy (non-hydrogen) atoms. The molecule has 144 valence electrons. The van der Waals surface area contributed by atoms with E-state index >= 15 is 0 Å². The molecule has 2 aliphatic carbocycles. The molecule has 2 aliphatic rings. The van der Waals surface area contributed by atoms with Crippen molar-refractivity contribution in [3.05, 3.63) is 11.8 Å². The Morgan fingerprint density at radius 3 is 2.65 bits per heavy atom. The number of carbonyl (C=O) groups is 1. The van der Waals surface area contributed by atoms with E-state index in [1.807, 2.05) is 6.92 Å². The van der Waals surface area contributed by atoms with Crippen LogP contribution in [0.5, 0.6) is 0 Å². The molecule has 0 spiro atoms. The molecule has 1 aromatic rings. The number of nitrogens with two attached hydrogens (primary N) is 1. The number of nitrogens with one attached hydrogen (secondary N) is 2. The van der Waals surface area contributed by atoms with Gasteiger partial charge in [0.2, 0.25) is 5.95 Å². The van der Waals surface area contributed by atoms with Crippen LogP contribution >= 0.6 is 0 Å². The largest absolute Gasteiger partial charge is 0.391 e. The van der Waals surface area contributed by atoms with Gasteiger partial charge in [-0.15, -0.1) is 0 Å². The van der Waals surface area contributed by atoms with Crippen molar-refractivity contribution >= 4 is 17.7 Å². The maximum atomic E-state index is 11.7. The third kappa shape index (κ3) is 4.62. The number of amides is 1. The minimum absolute atomic E-state index is 0.113. The monoisotopic (exact) mass is 363 g/mol. The predicted octanol–water partition coefficient (Wildman–Crippen LogP) is 1.66. The molecule has 0 saturated heterocycles. The van der Waals surface area contributed by atoms with Crippen molar-refractivity contribution in [3.8, 4) is 0 Å². The lowest BCUT2D eigenvalue weighted by molar-refractivity contribution is 0.0346. The van der Waals surface area contributed by atoms with E-state index in [0.717, 1.165) is 51.6 Å². The zero-order valence-electron chi connectivity index (χ0n) is 15.3. The molecule has 1 heterocycles. The van der Waals surface area contributed by atoms with Crippen LogP contribution in [0.4, 0.5) is 11.8 Å². The Balaban J connectivity index is 1.66. The lowest BCUT2D eigenvalue weighted by Crippen LogP contribution is -2.32. The SMILES string of the molecule is CCOC1CCC(Nc2ncc(C(N)=O)c(N[C@H]3CCC[C@H]3O)n2)CC1. The Labute approximate surface area is 153 Å². The van der Waals surface area contributed by atoms with E-state index in [-0.39, 0.29) is 17.6 Å². The number of aliphatic hydroxyl groups excluding tert-OH is 1. The van der Waals surface area contributed by atoms with Crippen LogP contribution in [0.15, 0.2) is 6.20 Å². The molecular formula is C18H29N5O3. The zero-order chi connectivity index (χ0) is 18.5. The Kier molecular flexibility index (Phi) is 6.26. The fraction of sp³-hybridized carbons (Fsp3) is 0.722. The van der Waals surface area contributed by atoms with Gasteiger partial charge in [-0.1, -0.05) is 0 Å². The van der Waals surface area contributed by atoms with Gasteiger partial charge in [0.1, 0.15) is 5.82 Å². The molecule has 0 aliphatic heterocycles. The number of anilines is 2. The molecule has 5 N–H and O–H groups in total. The smallest absolute Gasteiger partial charge is 0.254 e. The Bertz CT molecular complexity index is 619. The first-order chi connectivity index (χ1) is 12.6. The number of aliphatic hydroxyl groups is 1. The van der Waals surface area contributed by atoms with Crippen molar-refractivity contribution in [2.75, 3.05) is 17.2 Å². The Morgan fingerprint density at radius 2 is 2.04 bits per heavy atom. The number of carbonyl (C=O) groups excluding carboxylic acids is 1. The van der Waals surface area contributed by atoms with Gasteiger partial charge in [-0.2, -0.15) is 4.98 Å². The van der Waals surface area contributed by atoms with Crippen LogP contribution < -0.4 is 16.4 Å². The van der Waals surface area contributed by atoms with Crippen molar-refractivity contribution in [2.24, 2.45) is 5.73 Å². The summed E-state index contributed by atoms with van der Waals surface area (Å²) < 4.78 is 5.68. The van der Waals surface area contributed by atoms with Gasteiger partial charge in [0.15, 0.2) is 0 Å². The summed E-state index contributed by atoms with van der Waals surface area (Å²) >= 11 is 0. The molecule has 2 saturated carbocycles. The van der Waals surface area contributed by atoms with Gasteiger partial charge in [0.25, 0.3) is 5.91 Å². The average Bonchev–Trinajstić information content (AvgIpc) is 3.02. The van der Waals surface area contributed by atoms with E-state index in [1.165, 1.54) is 6.20 Å². The minimum Gasteiger partial charge on any atom is -0.391 e. The van der Waals surface area contributed by atoms with Crippen LogP contribution in [-0.2, 0) is 4.74 Å². The fourth-order valence-corrected chi connectivity index (χ4v) is 3.82. The van der Waals surface area contributed by atoms with Crippen LogP contribution in [0.2, 0.25) is 0 Å². The summed E-state index contributed by atoms with van der Waals surface area (Å²) in [6, 6.07) is 0.175. The lowest BCUT2D eigenvalue weighted by Gasteiger charge is -2.29. The van der Waals surface area contributed by atoms with Gasteiger partial charge >= 0.3 is 0 Å². The van der Waals surface area contributed by atoms with E-state index in [4.69, 9.17) is 10.5 Å². The molecule has 0 aromatic carbocycles. The minimum atomic E-state index is -0.580. The fourth-order valence-electron chi connectivity index (χ4n) is 3.82. The van der Waals surface area contributed by atoms with Crippen LogP contribution in [-0.4, -0.2) is 51.9 Å².